The van der Waals surface area contributed by atoms with Crippen LogP contribution in [-0.2, 0) is 11.0 Å². The Morgan fingerprint density at radius 3 is 2.33 bits per heavy atom. The zero-order valence-corrected chi connectivity index (χ0v) is 14.8. The molecule has 2 aromatic carbocycles. The SMILES string of the molecule is CN(C)C(=O)COc1ccc(C(=O)C=Cc2cccc(C(F)(F)F)c2)cc1. The number of allylic oxidation sites excluding steroid dienone is 1. The molecule has 142 valence electrons. The summed E-state index contributed by atoms with van der Waals surface area (Å²) in [6, 6.07) is 10.9. The highest BCUT2D eigenvalue weighted by Crippen LogP contribution is 2.29. The predicted molar refractivity (Wildman–Crippen MR) is 95.4 cm³/mol. The van der Waals surface area contributed by atoms with E-state index in [-0.39, 0.29) is 23.9 Å². The molecule has 0 aromatic heterocycles. The molecule has 0 heterocycles. The lowest BCUT2D eigenvalue weighted by molar-refractivity contribution is -0.137. The van der Waals surface area contributed by atoms with Gasteiger partial charge in [0.25, 0.3) is 5.91 Å². The van der Waals surface area contributed by atoms with Crippen LogP contribution < -0.4 is 4.74 Å². The largest absolute Gasteiger partial charge is 0.484 e. The van der Waals surface area contributed by atoms with E-state index in [0.717, 1.165) is 12.1 Å². The van der Waals surface area contributed by atoms with E-state index in [9.17, 15) is 22.8 Å². The van der Waals surface area contributed by atoms with E-state index >= 15 is 0 Å². The van der Waals surface area contributed by atoms with Gasteiger partial charge in [-0.2, -0.15) is 13.2 Å². The van der Waals surface area contributed by atoms with Crippen molar-refractivity contribution >= 4 is 17.8 Å². The molecule has 0 aliphatic carbocycles. The van der Waals surface area contributed by atoms with Crippen LogP contribution in [0, 0.1) is 0 Å². The van der Waals surface area contributed by atoms with E-state index in [2.05, 4.69) is 0 Å². The lowest BCUT2D eigenvalue weighted by atomic mass is 10.1. The van der Waals surface area contributed by atoms with Crippen LogP contribution in [-0.4, -0.2) is 37.3 Å². The summed E-state index contributed by atoms with van der Waals surface area (Å²) in [4.78, 5) is 25.0. The van der Waals surface area contributed by atoms with Crippen LogP contribution in [0.15, 0.2) is 54.6 Å². The maximum absolute atomic E-state index is 12.7. The molecule has 0 radical (unpaired) electrons. The number of ether oxygens (including phenoxy) is 1. The maximum atomic E-state index is 12.7. The molecule has 0 atom stereocenters. The summed E-state index contributed by atoms with van der Waals surface area (Å²) in [6.45, 7) is -0.115. The highest BCUT2D eigenvalue weighted by atomic mass is 19.4. The van der Waals surface area contributed by atoms with Gasteiger partial charge in [-0.1, -0.05) is 18.2 Å². The van der Waals surface area contributed by atoms with E-state index in [4.69, 9.17) is 4.74 Å². The van der Waals surface area contributed by atoms with E-state index in [0.29, 0.717) is 11.3 Å². The van der Waals surface area contributed by atoms with E-state index in [1.54, 1.807) is 26.2 Å². The van der Waals surface area contributed by atoms with Crippen molar-refractivity contribution in [2.24, 2.45) is 0 Å². The van der Waals surface area contributed by atoms with Crippen LogP contribution >= 0.6 is 0 Å². The Labute approximate surface area is 154 Å². The van der Waals surface area contributed by atoms with Crippen molar-refractivity contribution in [2.45, 2.75) is 6.18 Å². The molecule has 0 unspecified atom stereocenters. The second-order valence-electron chi connectivity index (χ2n) is 5.92. The van der Waals surface area contributed by atoms with Gasteiger partial charge in [-0.15, -0.1) is 0 Å². The molecule has 0 saturated carbocycles. The van der Waals surface area contributed by atoms with Crippen molar-refractivity contribution in [3.63, 3.8) is 0 Å². The molecule has 0 N–H and O–H groups in total. The number of hydrogen-bond acceptors (Lipinski definition) is 3. The number of hydrogen-bond donors (Lipinski definition) is 0. The lowest BCUT2D eigenvalue weighted by Crippen LogP contribution is -2.27. The molecule has 0 bridgehead atoms. The Morgan fingerprint density at radius 1 is 1.07 bits per heavy atom. The highest BCUT2D eigenvalue weighted by Gasteiger charge is 2.30. The van der Waals surface area contributed by atoms with Crippen LogP contribution in [0.1, 0.15) is 21.5 Å². The first-order valence-corrected chi connectivity index (χ1v) is 7.99. The summed E-state index contributed by atoms with van der Waals surface area (Å²) in [5.74, 6) is -0.119. The molecule has 0 fully saturated rings. The van der Waals surface area contributed by atoms with Gasteiger partial charge in [-0.3, -0.25) is 9.59 Å². The average molecular weight is 377 g/mol. The normalized spacial score (nSPS) is 11.4. The first kappa shape index (κ1) is 20.2. The van der Waals surface area contributed by atoms with Crippen LogP contribution in [0.4, 0.5) is 13.2 Å². The predicted octanol–water partition coefficient (Wildman–Crippen LogP) is 4.07. The first-order valence-electron chi connectivity index (χ1n) is 7.99. The second kappa shape index (κ2) is 8.53. The number of halogens is 3. The van der Waals surface area contributed by atoms with Gasteiger partial charge >= 0.3 is 6.18 Å². The van der Waals surface area contributed by atoms with Gasteiger partial charge in [0, 0.05) is 19.7 Å². The quantitative estimate of drug-likeness (QED) is 0.563. The summed E-state index contributed by atoms with van der Waals surface area (Å²) in [7, 11) is 3.23. The molecule has 4 nitrogen and oxygen atoms in total. The fourth-order valence-corrected chi connectivity index (χ4v) is 2.08. The number of alkyl halides is 3. The van der Waals surface area contributed by atoms with Crippen LogP contribution in [0.2, 0.25) is 0 Å². The number of ketones is 1. The molecule has 2 aromatic rings. The molecule has 27 heavy (non-hydrogen) atoms. The number of rotatable bonds is 6. The summed E-state index contributed by atoms with van der Waals surface area (Å²) < 4.78 is 43.4. The van der Waals surface area contributed by atoms with Crippen molar-refractivity contribution in [3.05, 3.63) is 71.3 Å². The number of carbonyl (C=O) groups is 2. The minimum Gasteiger partial charge on any atom is -0.484 e. The Hall–Kier alpha value is -3.09. The molecular formula is C20H18F3NO3. The number of carbonyl (C=O) groups excluding carboxylic acids is 2. The molecule has 0 aliphatic rings. The van der Waals surface area contributed by atoms with Crippen molar-refractivity contribution in [2.75, 3.05) is 20.7 Å². The van der Waals surface area contributed by atoms with Crippen LogP contribution in [0.25, 0.3) is 6.08 Å². The summed E-state index contributed by atoms with van der Waals surface area (Å²) in [5.41, 5.74) is -0.143. The van der Waals surface area contributed by atoms with Gasteiger partial charge in [0.15, 0.2) is 12.4 Å². The number of nitrogens with zero attached hydrogens (tertiary/aromatic N) is 1. The van der Waals surface area contributed by atoms with E-state index in [1.807, 2.05) is 0 Å². The van der Waals surface area contributed by atoms with E-state index in [1.165, 1.54) is 41.3 Å². The zero-order chi connectivity index (χ0) is 20.0. The third kappa shape index (κ3) is 5.99. The van der Waals surface area contributed by atoms with Crippen LogP contribution in [0.5, 0.6) is 5.75 Å². The van der Waals surface area contributed by atoms with Gasteiger partial charge < -0.3 is 9.64 Å². The standard InChI is InChI=1S/C20H18F3NO3/c1-24(2)19(26)13-27-17-9-7-15(8-10-17)18(25)11-6-14-4-3-5-16(12-14)20(21,22)23/h3-12H,13H2,1-2H3. The smallest absolute Gasteiger partial charge is 0.416 e. The molecule has 0 saturated heterocycles. The molecule has 0 aliphatic heterocycles. The van der Waals surface area contributed by atoms with Crippen molar-refractivity contribution in [1.82, 2.24) is 4.90 Å². The Balaban J connectivity index is 2.02. The fourth-order valence-electron chi connectivity index (χ4n) is 2.08. The van der Waals surface area contributed by atoms with Crippen molar-refractivity contribution in [1.29, 1.82) is 0 Å². The van der Waals surface area contributed by atoms with Crippen molar-refractivity contribution < 1.29 is 27.5 Å². The maximum Gasteiger partial charge on any atom is 0.416 e. The Kier molecular flexibility index (Phi) is 6.39. The first-order chi connectivity index (χ1) is 12.7. The van der Waals surface area contributed by atoms with Crippen molar-refractivity contribution in [3.8, 4) is 5.75 Å². The van der Waals surface area contributed by atoms with Gasteiger partial charge in [-0.25, -0.2) is 0 Å². The summed E-state index contributed by atoms with van der Waals surface area (Å²) >= 11 is 0. The third-order valence-corrected chi connectivity index (χ3v) is 3.64. The molecule has 0 spiro atoms. The van der Waals surface area contributed by atoms with Gasteiger partial charge in [0.2, 0.25) is 0 Å². The Bertz CT molecular complexity index is 840. The van der Waals surface area contributed by atoms with Crippen LogP contribution in [0.3, 0.4) is 0 Å². The average Bonchev–Trinajstić information content (AvgIpc) is 2.64. The second-order valence-corrected chi connectivity index (χ2v) is 5.92. The van der Waals surface area contributed by atoms with E-state index < -0.39 is 11.7 Å². The minimum atomic E-state index is -4.43. The molecular weight excluding hydrogens is 359 g/mol. The summed E-state index contributed by atoms with van der Waals surface area (Å²) in [6.07, 6.45) is -1.89. The highest BCUT2D eigenvalue weighted by molar-refractivity contribution is 6.06. The lowest BCUT2D eigenvalue weighted by Gasteiger charge is -2.11. The number of amides is 1. The van der Waals surface area contributed by atoms with Gasteiger partial charge in [-0.05, 0) is 48.0 Å². The number of likely N-dealkylation sites (N-methyl/N-ethyl adjacent to an activating group) is 1. The summed E-state index contributed by atoms with van der Waals surface area (Å²) in [5, 5.41) is 0. The minimum absolute atomic E-state index is 0.115. The van der Waals surface area contributed by atoms with Gasteiger partial charge in [0.05, 0.1) is 5.56 Å². The van der Waals surface area contributed by atoms with Gasteiger partial charge in [0.1, 0.15) is 5.75 Å². The molecule has 1 amide bonds. The zero-order valence-electron chi connectivity index (χ0n) is 14.8. The number of benzene rings is 2. The molecule has 7 heteroatoms. The molecule has 2 rings (SSSR count). The topological polar surface area (TPSA) is 46.6 Å². The third-order valence-electron chi connectivity index (χ3n) is 3.64. The monoisotopic (exact) mass is 377 g/mol. The fraction of sp³-hybridized carbons (Fsp3) is 0.200. The Morgan fingerprint density at radius 2 is 1.74 bits per heavy atom.